The van der Waals surface area contributed by atoms with Crippen LogP contribution in [0.1, 0.15) is 28.4 Å². The first-order chi connectivity index (χ1) is 12.5. The lowest BCUT2D eigenvalue weighted by molar-refractivity contribution is 0.0921. The SMILES string of the molecule is CCc1cc2c(C)cc(=O)oc2cc1OCC(=O)c1ccc(OC)cc1. The van der Waals surface area contributed by atoms with Crippen molar-refractivity contribution in [3.8, 4) is 11.5 Å². The lowest BCUT2D eigenvalue weighted by Gasteiger charge is -2.12. The molecule has 0 aliphatic carbocycles. The van der Waals surface area contributed by atoms with E-state index in [0.717, 1.165) is 22.9 Å². The minimum atomic E-state index is -0.403. The highest BCUT2D eigenvalue weighted by Crippen LogP contribution is 2.28. The summed E-state index contributed by atoms with van der Waals surface area (Å²) in [5.74, 6) is 1.10. The lowest BCUT2D eigenvalue weighted by atomic mass is 10.1. The summed E-state index contributed by atoms with van der Waals surface area (Å²) in [6.07, 6.45) is 0.737. The van der Waals surface area contributed by atoms with Gasteiger partial charge in [0.15, 0.2) is 12.4 Å². The van der Waals surface area contributed by atoms with E-state index in [1.165, 1.54) is 6.07 Å². The van der Waals surface area contributed by atoms with Gasteiger partial charge in [0.05, 0.1) is 7.11 Å². The Balaban J connectivity index is 1.85. The maximum Gasteiger partial charge on any atom is 0.336 e. The molecular formula is C21H20O5. The predicted octanol–water partition coefficient (Wildman–Crippen LogP) is 3.93. The normalized spacial score (nSPS) is 10.7. The zero-order valence-electron chi connectivity index (χ0n) is 15.0. The Morgan fingerprint density at radius 2 is 1.85 bits per heavy atom. The smallest absolute Gasteiger partial charge is 0.336 e. The molecule has 0 amide bonds. The highest BCUT2D eigenvalue weighted by molar-refractivity contribution is 5.97. The van der Waals surface area contributed by atoms with Crippen LogP contribution in [-0.2, 0) is 6.42 Å². The molecule has 134 valence electrons. The number of methoxy groups -OCH3 is 1. The Hall–Kier alpha value is -3.08. The number of carbonyl (C=O) groups excluding carboxylic acids is 1. The zero-order chi connectivity index (χ0) is 18.7. The number of rotatable bonds is 6. The fourth-order valence-corrected chi connectivity index (χ4v) is 2.81. The van der Waals surface area contributed by atoms with Gasteiger partial charge in [-0.25, -0.2) is 4.79 Å². The Labute approximate surface area is 151 Å². The second kappa shape index (κ2) is 7.44. The van der Waals surface area contributed by atoms with Crippen LogP contribution in [0.2, 0.25) is 0 Å². The first kappa shape index (κ1) is 17.7. The van der Waals surface area contributed by atoms with Gasteiger partial charge < -0.3 is 13.9 Å². The molecule has 0 aliphatic heterocycles. The molecule has 2 aromatic carbocycles. The molecule has 1 aromatic heterocycles. The maximum atomic E-state index is 12.3. The summed E-state index contributed by atoms with van der Waals surface area (Å²) in [4.78, 5) is 24.0. The largest absolute Gasteiger partial charge is 0.497 e. The summed E-state index contributed by atoms with van der Waals surface area (Å²) in [6, 6.07) is 12.0. The van der Waals surface area contributed by atoms with E-state index in [2.05, 4.69) is 0 Å². The molecule has 0 saturated heterocycles. The van der Waals surface area contributed by atoms with E-state index in [1.54, 1.807) is 37.4 Å². The topological polar surface area (TPSA) is 65.7 Å². The lowest BCUT2D eigenvalue weighted by Crippen LogP contribution is -2.12. The molecule has 0 unspecified atom stereocenters. The highest BCUT2D eigenvalue weighted by atomic mass is 16.5. The van der Waals surface area contributed by atoms with E-state index in [9.17, 15) is 9.59 Å². The van der Waals surface area contributed by atoms with Gasteiger partial charge in [-0.15, -0.1) is 0 Å². The molecule has 3 aromatic rings. The number of hydrogen-bond donors (Lipinski definition) is 0. The molecule has 0 bridgehead atoms. The second-order valence-corrected chi connectivity index (χ2v) is 6.00. The number of hydrogen-bond acceptors (Lipinski definition) is 5. The van der Waals surface area contributed by atoms with Crippen LogP contribution in [0.3, 0.4) is 0 Å². The van der Waals surface area contributed by atoms with Crippen molar-refractivity contribution in [1.82, 2.24) is 0 Å². The molecule has 5 heteroatoms. The minimum Gasteiger partial charge on any atom is -0.497 e. The van der Waals surface area contributed by atoms with Crippen molar-refractivity contribution in [2.75, 3.05) is 13.7 Å². The van der Waals surface area contributed by atoms with E-state index >= 15 is 0 Å². The Morgan fingerprint density at radius 1 is 1.12 bits per heavy atom. The minimum absolute atomic E-state index is 0.0963. The van der Waals surface area contributed by atoms with Crippen LogP contribution in [0.5, 0.6) is 11.5 Å². The molecule has 0 aliphatic rings. The summed E-state index contributed by atoms with van der Waals surface area (Å²) >= 11 is 0. The molecule has 0 spiro atoms. The van der Waals surface area contributed by atoms with Gasteiger partial charge in [-0.1, -0.05) is 6.92 Å². The van der Waals surface area contributed by atoms with Crippen molar-refractivity contribution < 1.29 is 18.7 Å². The second-order valence-electron chi connectivity index (χ2n) is 6.00. The van der Waals surface area contributed by atoms with Gasteiger partial charge in [0, 0.05) is 23.1 Å². The number of ketones is 1. The molecule has 3 rings (SSSR count). The van der Waals surface area contributed by atoms with Crippen molar-refractivity contribution in [2.45, 2.75) is 20.3 Å². The van der Waals surface area contributed by atoms with Crippen LogP contribution in [0.15, 0.2) is 51.7 Å². The van der Waals surface area contributed by atoms with Gasteiger partial charge in [-0.05, 0) is 54.8 Å². The van der Waals surface area contributed by atoms with Gasteiger partial charge in [0.25, 0.3) is 0 Å². The van der Waals surface area contributed by atoms with E-state index in [1.807, 2.05) is 19.9 Å². The summed E-state index contributed by atoms with van der Waals surface area (Å²) in [5, 5.41) is 0.871. The molecule has 0 radical (unpaired) electrons. The number of Topliss-reactive ketones (excluding diaryl/α,β-unsaturated/α-hetero) is 1. The Kier molecular flexibility index (Phi) is 5.07. The van der Waals surface area contributed by atoms with Crippen LogP contribution >= 0.6 is 0 Å². The standard InChI is InChI=1S/C21H20O5/c1-4-14-10-17-13(2)9-21(23)26-20(17)11-19(14)25-12-18(22)15-5-7-16(24-3)8-6-15/h5-11H,4,12H2,1-3H3. The number of ether oxygens (including phenoxy) is 2. The molecule has 5 nitrogen and oxygen atoms in total. The van der Waals surface area contributed by atoms with E-state index in [-0.39, 0.29) is 12.4 Å². The molecular weight excluding hydrogens is 332 g/mol. The number of benzene rings is 2. The summed E-state index contributed by atoms with van der Waals surface area (Å²) < 4.78 is 16.1. The summed E-state index contributed by atoms with van der Waals surface area (Å²) in [6.45, 7) is 3.78. The van der Waals surface area contributed by atoms with Gasteiger partial charge in [0.1, 0.15) is 17.1 Å². The number of fused-ring (bicyclic) bond motifs is 1. The third-order valence-corrected chi connectivity index (χ3v) is 4.28. The van der Waals surface area contributed by atoms with Crippen molar-refractivity contribution in [1.29, 1.82) is 0 Å². The van der Waals surface area contributed by atoms with E-state index < -0.39 is 5.63 Å². The average Bonchev–Trinajstić information content (AvgIpc) is 2.65. The van der Waals surface area contributed by atoms with E-state index in [0.29, 0.717) is 22.6 Å². The molecule has 1 heterocycles. The Bertz CT molecular complexity index is 999. The van der Waals surface area contributed by atoms with Gasteiger partial charge >= 0.3 is 5.63 Å². The summed E-state index contributed by atoms with van der Waals surface area (Å²) in [7, 11) is 1.58. The average molecular weight is 352 g/mol. The molecule has 0 saturated carbocycles. The van der Waals surface area contributed by atoms with Crippen LogP contribution in [0.25, 0.3) is 11.0 Å². The molecule has 0 fully saturated rings. The van der Waals surface area contributed by atoms with Crippen LogP contribution in [-0.4, -0.2) is 19.5 Å². The van der Waals surface area contributed by atoms with Crippen molar-refractivity contribution in [3.05, 3.63) is 69.6 Å². The first-order valence-electron chi connectivity index (χ1n) is 8.39. The van der Waals surface area contributed by atoms with Gasteiger partial charge in [-0.3, -0.25) is 4.79 Å². The molecule has 0 atom stereocenters. The fourth-order valence-electron chi connectivity index (χ4n) is 2.81. The van der Waals surface area contributed by atoms with Crippen LogP contribution in [0, 0.1) is 6.92 Å². The predicted molar refractivity (Wildman–Crippen MR) is 99.4 cm³/mol. The van der Waals surface area contributed by atoms with Gasteiger partial charge in [0.2, 0.25) is 0 Å². The highest BCUT2D eigenvalue weighted by Gasteiger charge is 2.12. The molecule has 26 heavy (non-hydrogen) atoms. The monoisotopic (exact) mass is 352 g/mol. The van der Waals surface area contributed by atoms with Crippen molar-refractivity contribution >= 4 is 16.8 Å². The summed E-state index contributed by atoms with van der Waals surface area (Å²) in [5.41, 5.74) is 2.41. The van der Waals surface area contributed by atoms with Crippen molar-refractivity contribution in [2.24, 2.45) is 0 Å². The van der Waals surface area contributed by atoms with Gasteiger partial charge in [-0.2, -0.15) is 0 Å². The quantitative estimate of drug-likeness (QED) is 0.497. The third kappa shape index (κ3) is 3.61. The number of aryl methyl sites for hydroxylation is 2. The Morgan fingerprint density at radius 3 is 2.50 bits per heavy atom. The maximum absolute atomic E-state index is 12.3. The number of carbonyl (C=O) groups is 1. The van der Waals surface area contributed by atoms with Crippen LogP contribution in [0.4, 0.5) is 0 Å². The fraction of sp³-hybridized carbons (Fsp3) is 0.238. The third-order valence-electron chi connectivity index (χ3n) is 4.28. The first-order valence-corrected chi connectivity index (χ1v) is 8.39. The van der Waals surface area contributed by atoms with E-state index in [4.69, 9.17) is 13.9 Å². The molecule has 0 N–H and O–H groups in total. The zero-order valence-corrected chi connectivity index (χ0v) is 15.0. The van der Waals surface area contributed by atoms with Crippen molar-refractivity contribution in [3.63, 3.8) is 0 Å². The van der Waals surface area contributed by atoms with Crippen LogP contribution < -0.4 is 15.1 Å².